The third kappa shape index (κ3) is 3.49. The van der Waals surface area contributed by atoms with E-state index < -0.39 is 0 Å². The van der Waals surface area contributed by atoms with Crippen LogP contribution in [-0.2, 0) is 4.74 Å². The highest BCUT2D eigenvalue weighted by atomic mass is 16.5. The van der Waals surface area contributed by atoms with Gasteiger partial charge < -0.3 is 4.74 Å². The maximum absolute atomic E-state index is 5.25. The van der Waals surface area contributed by atoms with Crippen LogP contribution in [0.15, 0.2) is 35.6 Å². The van der Waals surface area contributed by atoms with Crippen LogP contribution >= 0.6 is 0 Å². The standard InChI is InChI=1S/C10H14O.C2H6/c1-4-5-8(2)10-6-7-11-9(10)3;1-2/h4-5H,3,6-7H2,1-2H3;1-2H3/b5-4-,10-8-;. The minimum Gasteiger partial charge on any atom is -0.494 e. The van der Waals surface area contributed by atoms with Gasteiger partial charge in [0, 0.05) is 6.42 Å². The second-order valence-corrected chi connectivity index (χ2v) is 2.68. The smallest absolute Gasteiger partial charge is 0.115 e. The minimum absolute atomic E-state index is 0.795. The molecule has 0 atom stereocenters. The van der Waals surface area contributed by atoms with E-state index in [2.05, 4.69) is 19.6 Å². The van der Waals surface area contributed by atoms with Crippen LogP contribution in [0, 0.1) is 0 Å². The van der Waals surface area contributed by atoms with Crippen molar-refractivity contribution >= 4 is 0 Å². The molecule has 0 aromatic heterocycles. The van der Waals surface area contributed by atoms with Gasteiger partial charge in [-0.1, -0.05) is 32.6 Å². The predicted molar refractivity (Wildman–Crippen MR) is 58.6 cm³/mol. The molecule has 1 heteroatoms. The van der Waals surface area contributed by atoms with Crippen molar-refractivity contribution in [3.05, 3.63) is 35.6 Å². The van der Waals surface area contributed by atoms with Gasteiger partial charge in [-0.05, 0) is 25.0 Å². The van der Waals surface area contributed by atoms with Crippen LogP contribution in [0.5, 0.6) is 0 Å². The molecular formula is C12H20O. The van der Waals surface area contributed by atoms with Crippen molar-refractivity contribution < 1.29 is 4.74 Å². The summed E-state index contributed by atoms with van der Waals surface area (Å²) in [5, 5.41) is 0. The van der Waals surface area contributed by atoms with E-state index >= 15 is 0 Å². The maximum atomic E-state index is 5.25. The van der Waals surface area contributed by atoms with Gasteiger partial charge in [0.2, 0.25) is 0 Å². The zero-order chi connectivity index (χ0) is 10.3. The summed E-state index contributed by atoms with van der Waals surface area (Å²) >= 11 is 0. The summed E-state index contributed by atoms with van der Waals surface area (Å²) < 4.78 is 5.25. The van der Waals surface area contributed by atoms with E-state index in [0.717, 1.165) is 18.8 Å². The molecule has 0 radical (unpaired) electrons. The van der Waals surface area contributed by atoms with E-state index in [1.165, 1.54) is 11.1 Å². The average molecular weight is 180 g/mol. The lowest BCUT2D eigenvalue weighted by Crippen LogP contribution is -1.82. The Labute approximate surface area is 81.8 Å². The molecule has 0 aromatic rings. The van der Waals surface area contributed by atoms with Crippen LogP contribution in [0.1, 0.15) is 34.1 Å². The Bertz CT molecular complexity index is 221. The van der Waals surface area contributed by atoms with Crippen molar-refractivity contribution in [3.63, 3.8) is 0 Å². The van der Waals surface area contributed by atoms with E-state index in [4.69, 9.17) is 4.74 Å². The number of ether oxygens (including phenoxy) is 1. The molecule has 13 heavy (non-hydrogen) atoms. The Hall–Kier alpha value is -0.980. The van der Waals surface area contributed by atoms with Gasteiger partial charge in [-0.25, -0.2) is 0 Å². The van der Waals surface area contributed by atoms with Gasteiger partial charge in [0.05, 0.1) is 6.61 Å². The largest absolute Gasteiger partial charge is 0.494 e. The summed E-state index contributed by atoms with van der Waals surface area (Å²) in [5.41, 5.74) is 2.54. The highest BCUT2D eigenvalue weighted by molar-refractivity contribution is 5.36. The molecule has 0 unspecified atom stereocenters. The normalized spacial score (nSPS) is 19.5. The van der Waals surface area contributed by atoms with Crippen molar-refractivity contribution in [2.75, 3.05) is 6.61 Å². The highest BCUT2D eigenvalue weighted by Crippen LogP contribution is 2.25. The van der Waals surface area contributed by atoms with Gasteiger partial charge in [0.15, 0.2) is 0 Å². The molecular weight excluding hydrogens is 160 g/mol. The van der Waals surface area contributed by atoms with E-state index in [0.29, 0.717) is 0 Å². The Morgan fingerprint density at radius 2 is 2.08 bits per heavy atom. The summed E-state index contributed by atoms with van der Waals surface area (Å²) in [7, 11) is 0. The number of allylic oxidation sites excluding steroid dienone is 4. The zero-order valence-electron chi connectivity index (χ0n) is 9.18. The molecule has 0 saturated carbocycles. The second kappa shape index (κ2) is 6.53. The van der Waals surface area contributed by atoms with Crippen LogP contribution < -0.4 is 0 Å². The lowest BCUT2D eigenvalue weighted by atomic mass is 10.1. The summed E-state index contributed by atoms with van der Waals surface area (Å²) in [4.78, 5) is 0. The Morgan fingerprint density at radius 1 is 1.46 bits per heavy atom. The first-order valence-electron chi connectivity index (χ1n) is 4.90. The molecule has 1 rings (SSSR count). The third-order valence-corrected chi connectivity index (χ3v) is 1.86. The maximum Gasteiger partial charge on any atom is 0.115 e. The molecule has 0 aliphatic carbocycles. The van der Waals surface area contributed by atoms with Gasteiger partial charge >= 0.3 is 0 Å². The van der Waals surface area contributed by atoms with E-state index in [1.807, 2.05) is 26.8 Å². The third-order valence-electron chi connectivity index (χ3n) is 1.86. The van der Waals surface area contributed by atoms with Gasteiger partial charge in [0.25, 0.3) is 0 Å². The van der Waals surface area contributed by atoms with Crippen molar-refractivity contribution in [2.24, 2.45) is 0 Å². The van der Waals surface area contributed by atoms with Gasteiger partial charge in [-0.3, -0.25) is 0 Å². The molecule has 74 valence electrons. The Morgan fingerprint density at radius 3 is 2.46 bits per heavy atom. The second-order valence-electron chi connectivity index (χ2n) is 2.68. The molecule has 0 spiro atoms. The fourth-order valence-corrected chi connectivity index (χ4v) is 1.27. The number of hydrogen-bond donors (Lipinski definition) is 0. The van der Waals surface area contributed by atoms with Crippen LogP contribution in [-0.4, -0.2) is 6.61 Å². The molecule has 1 fully saturated rings. The molecule has 1 saturated heterocycles. The quantitative estimate of drug-likeness (QED) is 0.595. The first-order valence-corrected chi connectivity index (χ1v) is 4.90. The van der Waals surface area contributed by atoms with Crippen LogP contribution in [0.2, 0.25) is 0 Å². The molecule has 0 amide bonds. The SMILES string of the molecule is C=C1OCC/C1=C(C)/C=C\C.CC. The fraction of sp³-hybridized carbons (Fsp3) is 0.500. The minimum atomic E-state index is 0.795. The van der Waals surface area contributed by atoms with Crippen molar-refractivity contribution in [1.82, 2.24) is 0 Å². The summed E-state index contributed by atoms with van der Waals surface area (Å²) in [6.45, 7) is 12.7. The van der Waals surface area contributed by atoms with E-state index in [9.17, 15) is 0 Å². The van der Waals surface area contributed by atoms with Crippen molar-refractivity contribution in [2.45, 2.75) is 34.1 Å². The highest BCUT2D eigenvalue weighted by Gasteiger charge is 2.13. The fourth-order valence-electron chi connectivity index (χ4n) is 1.27. The van der Waals surface area contributed by atoms with Crippen molar-refractivity contribution in [1.29, 1.82) is 0 Å². The van der Waals surface area contributed by atoms with E-state index in [-0.39, 0.29) is 0 Å². The zero-order valence-corrected chi connectivity index (χ0v) is 9.18. The monoisotopic (exact) mass is 180 g/mol. The molecule has 0 bridgehead atoms. The lowest BCUT2D eigenvalue weighted by Gasteiger charge is -1.99. The first-order chi connectivity index (χ1) is 6.25. The molecule has 1 nitrogen and oxygen atoms in total. The average Bonchev–Trinajstić information content (AvgIpc) is 2.55. The summed E-state index contributed by atoms with van der Waals surface area (Å²) in [6, 6.07) is 0. The van der Waals surface area contributed by atoms with Gasteiger partial charge in [0.1, 0.15) is 5.76 Å². The predicted octanol–water partition coefficient (Wildman–Crippen LogP) is 3.84. The van der Waals surface area contributed by atoms with Crippen LogP contribution in [0.25, 0.3) is 0 Å². The summed E-state index contributed by atoms with van der Waals surface area (Å²) in [5.74, 6) is 0.848. The topological polar surface area (TPSA) is 9.23 Å². The molecule has 0 N–H and O–H groups in total. The van der Waals surface area contributed by atoms with Gasteiger partial charge in [-0.15, -0.1) is 0 Å². The number of rotatable bonds is 1. The van der Waals surface area contributed by atoms with Crippen LogP contribution in [0.3, 0.4) is 0 Å². The molecule has 1 heterocycles. The number of hydrogen-bond acceptors (Lipinski definition) is 1. The lowest BCUT2D eigenvalue weighted by molar-refractivity contribution is 0.267. The molecule has 1 aliphatic rings. The molecule has 1 aliphatic heterocycles. The van der Waals surface area contributed by atoms with E-state index in [1.54, 1.807) is 0 Å². The Kier molecular flexibility index (Phi) is 6.03. The molecule has 0 aromatic carbocycles. The van der Waals surface area contributed by atoms with Gasteiger partial charge in [-0.2, -0.15) is 0 Å². The van der Waals surface area contributed by atoms with Crippen LogP contribution in [0.4, 0.5) is 0 Å². The van der Waals surface area contributed by atoms with Crippen molar-refractivity contribution in [3.8, 4) is 0 Å². The first kappa shape index (κ1) is 12.0. The summed E-state index contributed by atoms with van der Waals surface area (Å²) in [6.07, 6.45) is 5.14. The Balaban J connectivity index is 0.000000671.